The van der Waals surface area contributed by atoms with Crippen LogP contribution in [0, 0.1) is 17.7 Å². The highest BCUT2D eigenvalue weighted by molar-refractivity contribution is 6.32. The third-order valence-corrected chi connectivity index (χ3v) is 5.94. The van der Waals surface area contributed by atoms with E-state index in [1.54, 1.807) is 17.1 Å². The number of imidazole rings is 1. The molecule has 0 spiro atoms. The Hall–Kier alpha value is -3.09. The van der Waals surface area contributed by atoms with Crippen molar-refractivity contribution in [2.75, 3.05) is 18.8 Å². The van der Waals surface area contributed by atoms with Crippen LogP contribution in [0.5, 0.6) is 0 Å². The van der Waals surface area contributed by atoms with Crippen LogP contribution in [0.2, 0.25) is 5.02 Å². The summed E-state index contributed by atoms with van der Waals surface area (Å²) in [4.78, 5) is 16.2. The summed E-state index contributed by atoms with van der Waals surface area (Å²) >= 11 is 6.27. The number of nitrogens with two attached hydrogens (primary N) is 2. The topological polar surface area (TPSA) is 117 Å². The fourth-order valence-electron chi connectivity index (χ4n) is 3.88. The van der Waals surface area contributed by atoms with Crippen LogP contribution in [0.25, 0.3) is 11.0 Å². The van der Waals surface area contributed by atoms with E-state index in [2.05, 4.69) is 27.2 Å². The number of amides is 1. The summed E-state index contributed by atoms with van der Waals surface area (Å²) in [6, 6.07) is 1.92. The van der Waals surface area contributed by atoms with E-state index in [4.69, 9.17) is 23.1 Å². The van der Waals surface area contributed by atoms with Crippen LogP contribution in [0.3, 0.4) is 0 Å². The van der Waals surface area contributed by atoms with Gasteiger partial charge in [0.05, 0.1) is 22.9 Å². The molecule has 1 amide bonds. The molecule has 1 saturated carbocycles. The van der Waals surface area contributed by atoms with E-state index in [9.17, 15) is 9.18 Å². The first-order valence-corrected chi connectivity index (χ1v) is 10.1. The van der Waals surface area contributed by atoms with E-state index in [1.807, 2.05) is 4.57 Å². The summed E-state index contributed by atoms with van der Waals surface area (Å²) in [7, 11) is 0. The number of aromatic nitrogens is 4. The lowest BCUT2D eigenvalue weighted by molar-refractivity contribution is 0.100. The van der Waals surface area contributed by atoms with Crippen molar-refractivity contribution >= 4 is 34.4 Å². The molecule has 0 unspecified atom stereocenters. The van der Waals surface area contributed by atoms with Crippen LogP contribution in [-0.4, -0.2) is 38.3 Å². The molecule has 2 aliphatic rings. The normalized spacial score (nSPS) is 18.5. The summed E-state index contributed by atoms with van der Waals surface area (Å²) in [6.45, 7) is 1.52. The van der Waals surface area contributed by atoms with Crippen LogP contribution in [0.1, 0.15) is 53.0 Å². The van der Waals surface area contributed by atoms with Crippen LogP contribution in [0.4, 0.5) is 10.2 Å². The molecule has 2 aromatic heterocycles. The summed E-state index contributed by atoms with van der Waals surface area (Å²) < 4.78 is 18.4. The molecule has 0 radical (unpaired) electrons. The Bertz CT molecular complexity index is 1240. The van der Waals surface area contributed by atoms with Gasteiger partial charge in [-0.2, -0.15) is 5.10 Å². The molecule has 1 aliphatic carbocycles. The van der Waals surface area contributed by atoms with Gasteiger partial charge in [-0.15, -0.1) is 0 Å². The number of halogens is 2. The Kier molecular flexibility index (Phi) is 4.41. The molecule has 154 valence electrons. The molecule has 10 heteroatoms. The predicted octanol–water partition coefficient (Wildman–Crippen LogP) is 1.98. The molecule has 2 fully saturated rings. The number of nitrogens with zero attached hydrogens (tertiary/aromatic N) is 4. The second kappa shape index (κ2) is 7.00. The summed E-state index contributed by atoms with van der Waals surface area (Å²) in [5.74, 6) is 4.52. The van der Waals surface area contributed by atoms with Gasteiger partial charge in [0.15, 0.2) is 11.5 Å². The van der Waals surface area contributed by atoms with Crippen LogP contribution in [-0.2, 0) is 0 Å². The van der Waals surface area contributed by atoms with Crippen molar-refractivity contribution in [2.45, 2.75) is 31.3 Å². The van der Waals surface area contributed by atoms with Crippen LogP contribution in [0.15, 0.2) is 12.4 Å². The smallest absolute Gasteiger partial charge is 0.255 e. The number of carbonyl (C=O) groups is 1. The Balaban J connectivity index is 1.58. The lowest BCUT2D eigenvalue weighted by Crippen LogP contribution is -2.18. The van der Waals surface area contributed by atoms with Crippen LogP contribution < -0.4 is 16.8 Å². The van der Waals surface area contributed by atoms with Crippen molar-refractivity contribution in [3.05, 3.63) is 40.1 Å². The van der Waals surface area contributed by atoms with E-state index in [0.717, 1.165) is 25.8 Å². The Morgan fingerprint density at radius 2 is 2.10 bits per heavy atom. The largest absolute Gasteiger partial charge is 0.383 e. The van der Waals surface area contributed by atoms with Crippen molar-refractivity contribution in [1.29, 1.82) is 0 Å². The number of carbonyl (C=O) groups excluding carboxylic acids is 1. The number of rotatable bonds is 3. The van der Waals surface area contributed by atoms with Crippen molar-refractivity contribution in [1.82, 2.24) is 24.6 Å². The molecule has 1 saturated heterocycles. The summed E-state index contributed by atoms with van der Waals surface area (Å²) in [5.41, 5.74) is 13.0. The quantitative estimate of drug-likeness (QED) is 0.552. The number of primary amides is 1. The maximum atomic E-state index is 15.0. The van der Waals surface area contributed by atoms with Crippen molar-refractivity contribution in [3.63, 3.8) is 0 Å². The van der Waals surface area contributed by atoms with Gasteiger partial charge < -0.3 is 21.4 Å². The molecule has 0 bridgehead atoms. The molecular formula is C20H19ClFN7O. The lowest BCUT2D eigenvalue weighted by atomic mass is 10.1. The van der Waals surface area contributed by atoms with Gasteiger partial charge in [-0.1, -0.05) is 17.5 Å². The molecule has 1 aliphatic heterocycles. The van der Waals surface area contributed by atoms with E-state index in [1.165, 1.54) is 0 Å². The van der Waals surface area contributed by atoms with Crippen molar-refractivity contribution < 1.29 is 9.18 Å². The van der Waals surface area contributed by atoms with E-state index < -0.39 is 11.7 Å². The maximum absolute atomic E-state index is 15.0. The Labute approximate surface area is 176 Å². The minimum Gasteiger partial charge on any atom is -0.383 e. The SMILES string of the molecule is NC(=O)c1c(C#Cc2cc3ncn(C4CC4)c3c(F)c2Cl)nn([C@H]2CCNC2)c1N. The zero-order chi connectivity index (χ0) is 21.0. The first kappa shape index (κ1) is 18.9. The third-order valence-electron chi connectivity index (χ3n) is 5.57. The Morgan fingerprint density at radius 1 is 1.30 bits per heavy atom. The van der Waals surface area contributed by atoms with Crippen molar-refractivity contribution in [3.8, 4) is 11.8 Å². The van der Waals surface area contributed by atoms with Crippen molar-refractivity contribution in [2.24, 2.45) is 5.73 Å². The van der Waals surface area contributed by atoms with Gasteiger partial charge >= 0.3 is 0 Å². The maximum Gasteiger partial charge on any atom is 0.255 e. The average Bonchev–Trinajstić information content (AvgIpc) is 3.12. The molecule has 1 atom stereocenters. The van der Waals surface area contributed by atoms with Gasteiger partial charge in [0, 0.05) is 18.2 Å². The van der Waals surface area contributed by atoms with Crippen LogP contribution >= 0.6 is 11.6 Å². The summed E-state index contributed by atoms with van der Waals surface area (Å²) in [6.07, 6.45) is 4.46. The molecule has 1 aromatic carbocycles. The standard InChI is InChI=1S/C20H19ClFN7O/c21-16-10(7-14-18(17(16)22)28(9-26-14)11-2-3-11)1-4-13-15(20(24)30)19(23)29(27-13)12-5-6-25-8-12/h7,9,11-12,25H,2-3,5-6,8,23H2,(H2,24,30)/t12-/m0/s1. The number of nitrogen functional groups attached to an aromatic ring is 1. The highest BCUT2D eigenvalue weighted by Crippen LogP contribution is 2.39. The first-order valence-electron chi connectivity index (χ1n) is 9.70. The van der Waals surface area contributed by atoms with E-state index >= 15 is 0 Å². The lowest BCUT2D eigenvalue weighted by Gasteiger charge is -2.10. The predicted molar refractivity (Wildman–Crippen MR) is 111 cm³/mol. The number of benzene rings is 1. The fourth-order valence-corrected chi connectivity index (χ4v) is 4.07. The highest BCUT2D eigenvalue weighted by atomic mass is 35.5. The number of hydrogen-bond donors (Lipinski definition) is 3. The van der Waals surface area contributed by atoms with Gasteiger partial charge in [-0.3, -0.25) is 4.79 Å². The Morgan fingerprint density at radius 3 is 2.77 bits per heavy atom. The van der Waals surface area contributed by atoms with Gasteiger partial charge in [-0.25, -0.2) is 14.1 Å². The van der Waals surface area contributed by atoms with Gasteiger partial charge in [-0.05, 0) is 37.8 Å². The molecular weight excluding hydrogens is 409 g/mol. The molecule has 5 N–H and O–H groups in total. The number of fused-ring (bicyclic) bond motifs is 1. The monoisotopic (exact) mass is 427 g/mol. The van der Waals surface area contributed by atoms with E-state index in [0.29, 0.717) is 17.6 Å². The van der Waals surface area contributed by atoms with Gasteiger partial charge in [0.1, 0.15) is 16.9 Å². The zero-order valence-corrected chi connectivity index (χ0v) is 16.7. The second-order valence-electron chi connectivity index (χ2n) is 7.62. The molecule has 30 heavy (non-hydrogen) atoms. The first-order chi connectivity index (χ1) is 14.5. The molecule has 3 aromatic rings. The van der Waals surface area contributed by atoms with Gasteiger partial charge in [0.2, 0.25) is 0 Å². The minimum absolute atomic E-state index is 0.0161. The molecule has 8 nitrogen and oxygen atoms in total. The number of nitrogens with one attached hydrogen (secondary N) is 1. The second-order valence-corrected chi connectivity index (χ2v) is 8.00. The fraction of sp³-hybridized carbons (Fsp3) is 0.350. The third kappa shape index (κ3) is 3.00. The van der Waals surface area contributed by atoms with Gasteiger partial charge in [0.25, 0.3) is 5.91 Å². The molecule has 3 heterocycles. The number of hydrogen-bond acceptors (Lipinski definition) is 5. The average molecular weight is 428 g/mol. The number of anilines is 1. The highest BCUT2D eigenvalue weighted by Gasteiger charge is 2.28. The minimum atomic E-state index is -0.718. The summed E-state index contributed by atoms with van der Waals surface area (Å²) in [5, 5.41) is 7.53. The zero-order valence-electron chi connectivity index (χ0n) is 16.0. The van der Waals surface area contributed by atoms with E-state index in [-0.39, 0.29) is 39.7 Å². The molecule has 5 rings (SSSR count).